The first-order chi connectivity index (χ1) is 7.70. The van der Waals surface area contributed by atoms with Gasteiger partial charge in [-0.25, -0.2) is 8.42 Å². The van der Waals surface area contributed by atoms with Crippen molar-refractivity contribution in [2.75, 3.05) is 6.61 Å². The SMILES string of the molecule is N[C@H](CO)c1cccc(S(=O)(=O)C(F)(F)F)c1. The van der Waals surface area contributed by atoms with E-state index in [0.717, 1.165) is 18.2 Å². The number of hydrogen-bond acceptors (Lipinski definition) is 4. The van der Waals surface area contributed by atoms with E-state index in [1.807, 2.05) is 0 Å². The summed E-state index contributed by atoms with van der Waals surface area (Å²) in [5.41, 5.74) is 0.160. The molecule has 1 rings (SSSR count). The Balaban J connectivity index is 3.26. The van der Waals surface area contributed by atoms with Gasteiger partial charge in [0, 0.05) is 0 Å². The van der Waals surface area contributed by atoms with Gasteiger partial charge in [0.05, 0.1) is 17.5 Å². The number of nitrogens with two attached hydrogens (primary N) is 1. The molecule has 0 aliphatic carbocycles. The van der Waals surface area contributed by atoms with Crippen LogP contribution in [0.2, 0.25) is 0 Å². The Bertz CT molecular complexity index is 498. The maximum atomic E-state index is 12.3. The van der Waals surface area contributed by atoms with Gasteiger partial charge in [-0.1, -0.05) is 12.1 Å². The highest BCUT2D eigenvalue weighted by Crippen LogP contribution is 2.30. The van der Waals surface area contributed by atoms with Gasteiger partial charge in [0.2, 0.25) is 0 Å². The quantitative estimate of drug-likeness (QED) is 0.857. The zero-order chi connectivity index (χ0) is 13.3. The van der Waals surface area contributed by atoms with E-state index in [1.165, 1.54) is 6.07 Å². The van der Waals surface area contributed by atoms with Gasteiger partial charge >= 0.3 is 5.51 Å². The van der Waals surface area contributed by atoms with Crippen LogP contribution in [0.3, 0.4) is 0 Å². The maximum absolute atomic E-state index is 12.3. The molecular weight excluding hydrogens is 259 g/mol. The fraction of sp³-hybridized carbons (Fsp3) is 0.333. The number of aliphatic hydroxyl groups is 1. The van der Waals surface area contributed by atoms with E-state index < -0.39 is 32.9 Å². The second-order valence-electron chi connectivity index (χ2n) is 3.31. The molecule has 0 aromatic heterocycles. The summed E-state index contributed by atoms with van der Waals surface area (Å²) < 4.78 is 59.0. The van der Waals surface area contributed by atoms with E-state index in [4.69, 9.17) is 10.8 Å². The minimum atomic E-state index is -5.38. The largest absolute Gasteiger partial charge is 0.501 e. The van der Waals surface area contributed by atoms with Crippen molar-refractivity contribution in [3.63, 3.8) is 0 Å². The molecule has 3 N–H and O–H groups in total. The minimum absolute atomic E-state index is 0.123. The van der Waals surface area contributed by atoms with Crippen LogP contribution in [-0.4, -0.2) is 25.6 Å². The molecule has 0 radical (unpaired) electrons. The molecule has 0 aliphatic rings. The summed E-state index contributed by atoms with van der Waals surface area (Å²) in [6.45, 7) is -0.491. The molecule has 0 fully saturated rings. The summed E-state index contributed by atoms with van der Waals surface area (Å²) in [7, 11) is -5.38. The van der Waals surface area contributed by atoms with E-state index in [9.17, 15) is 21.6 Å². The molecule has 4 nitrogen and oxygen atoms in total. The van der Waals surface area contributed by atoms with E-state index in [-0.39, 0.29) is 5.56 Å². The van der Waals surface area contributed by atoms with Crippen molar-refractivity contribution >= 4 is 9.84 Å². The number of halogens is 3. The minimum Gasteiger partial charge on any atom is -0.394 e. The van der Waals surface area contributed by atoms with Crippen LogP contribution in [-0.2, 0) is 9.84 Å². The molecule has 0 amide bonds. The number of rotatable bonds is 3. The molecule has 0 bridgehead atoms. The molecule has 0 spiro atoms. The number of hydrogen-bond donors (Lipinski definition) is 2. The van der Waals surface area contributed by atoms with Crippen LogP contribution in [0.25, 0.3) is 0 Å². The Labute approximate surface area is 95.8 Å². The van der Waals surface area contributed by atoms with Gasteiger partial charge in [-0.15, -0.1) is 0 Å². The predicted octanol–water partition coefficient (Wildman–Crippen LogP) is 0.972. The van der Waals surface area contributed by atoms with Crippen LogP contribution in [0.4, 0.5) is 13.2 Å². The van der Waals surface area contributed by atoms with E-state index >= 15 is 0 Å². The van der Waals surface area contributed by atoms with Crippen molar-refractivity contribution in [3.05, 3.63) is 29.8 Å². The Hall–Kier alpha value is -1.12. The lowest BCUT2D eigenvalue weighted by molar-refractivity contribution is -0.0436. The topological polar surface area (TPSA) is 80.4 Å². The average molecular weight is 269 g/mol. The maximum Gasteiger partial charge on any atom is 0.501 e. The fourth-order valence-corrected chi connectivity index (χ4v) is 1.97. The summed E-state index contributed by atoms with van der Waals surface area (Å²) in [5.74, 6) is 0. The van der Waals surface area contributed by atoms with Crippen LogP contribution in [0.1, 0.15) is 11.6 Å². The van der Waals surface area contributed by atoms with Crippen LogP contribution >= 0.6 is 0 Å². The highest BCUT2D eigenvalue weighted by Gasteiger charge is 2.46. The molecule has 0 saturated heterocycles. The number of aliphatic hydroxyl groups excluding tert-OH is 1. The third-order valence-corrected chi connectivity index (χ3v) is 3.58. The summed E-state index contributed by atoms with van der Waals surface area (Å²) in [5, 5.41) is 8.75. The van der Waals surface area contributed by atoms with Crippen molar-refractivity contribution in [1.29, 1.82) is 0 Å². The van der Waals surface area contributed by atoms with Crippen LogP contribution in [0.5, 0.6) is 0 Å². The zero-order valence-corrected chi connectivity index (χ0v) is 9.29. The molecular formula is C9H10F3NO3S. The van der Waals surface area contributed by atoms with Gasteiger partial charge in [-0.05, 0) is 17.7 Å². The second-order valence-corrected chi connectivity index (χ2v) is 5.25. The molecule has 8 heteroatoms. The molecule has 0 saturated carbocycles. The van der Waals surface area contributed by atoms with E-state index in [0.29, 0.717) is 0 Å². The molecule has 96 valence electrons. The third-order valence-electron chi connectivity index (χ3n) is 2.10. The average Bonchev–Trinajstić information content (AvgIpc) is 2.26. The summed E-state index contributed by atoms with van der Waals surface area (Å²) in [4.78, 5) is -0.883. The van der Waals surface area contributed by atoms with Crippen LogP contribution < -0.4 is 5.73 Å². The highest BCUT2D eigenvalue weighted by atomic mass is 32.2. The Morgan fingerprint density at radius 3 is 2.41 bits per heavy atom. The number of benzene rings is 1. The van der Waals surface area contributed by atoms with Crippen molar-refractivity contribution in [2.24, 2.45) is 5.73 Å². The monoisotopic (exact) mass is 269 g/mol. The smallest absolute Gasteiger partial charge is 0.394 e. The Morgan fingerprint density at radius 2 is 1.94 bits per heavy atom. The van der Waals surface area contributed by atoms with Crippen molar-refractivity contribution in [1.82, 2.24) is 0 Å². The van der Waals surface area contributed by atoms with E-state index in [1.54, 1.807) is 0 Å². The van der Waals surface area contributed by atoms with Crippen molar-refractivity contribution in [2.45, 2.75) is 16.4 Å². The first kappa shape index (κ1) is 13.9. The molecule has 0 aliphatic heterocycles. The lowest BCUT2D eigenvalue weighted by Crippen LogP contribution is -2.24. The summed E-state index contributed by atoms with van der Waals surface area (Å²) >= 11 is 0. The highest BCUT2D eigenvalue weighted by molar-refractivity contribution is 7.92. The van der Waals surface area contributed by atoms with Gasteiger partial charge in [-0.2, -0.15) is 13.2 Å². The Kier molecular flexibility index (Phi) is 3.80. The van der Waals surface area contributed by atoms with Gasteiger partial charge in [-0.3, -0.25) is 0 Å². The molecule has 0 unspecified atom stereocenters. The molecule has 1 aromatic rings. The molecule has 1 aromatic carbocycles. The predicted molar refractivity (Wildman–Crippen MR) is 53.7 cm³/mol. The normalized spacial score (nSPS) is 14.6. The van der Waals surface area contributed by atoms with E-state index in [2.05, 4.69) is 0 Å². The lowest BCUT2D eigenvalue weighted by Gasteiger charge is -2.12. The second kappa shape index (κ2) is 4.63. The van der Waals surface area contributed by atoms with Crippen LogP contribution in [0, 0.1) is 0 Å². The van der Waals surface area contributed by atoms with Gasteiger partial charge in [0.25, 0.3) is 9.84 Å². The summed E-state index contributed by atoms with van der Waals surface area (Å²) in [6, 6.07) is 3.21. The number of sulfone groups is 1. The van der Waals surface area contributed by atoms with Gasteiger partial charge in [0.1, 0.15) is 0 Å². The Morgan fingerprint density at radius 1 is 1.35 bits per heavy atom. The zero-order valence-electron chi connectivity index (χ0n) is 8.48. The van der Waals surface area contributed by atoms with Gasteiger partial charge in [0.15, 0.2) is 0 Å². The molecule has 0 heterocycles. The fourth-order valence-electron chi connectivity index (χ4n) is 1.15. The first-order valence-electron chi connectivity index (χ1n) is 4.48. The third kappa shape index (κ3) is 2.76. The number of alkyl halides is 3. The van der Waals surface area contributed by atoms with Crippen molar-refractivity contribution < 1.29 is 26.7 Å². The standard InChI is InChI=1S/C9H10F3NO3S/c10-9(11,12)17(15,16)7-3-1-2-6(4-7)8(13)5-14/h1-4,8,14H,5,13H2/t8-/m1/s1. The molecule has 17 heavy (non-hydrogen) atoms. The lowest BCUT2D eigenvalue weighted by atomic mass is 10.1. The van der Waals surface area contributed by atoms with Crippen molar-refractivity contribution in [3.8, 4) is 0 Å². The summed E-state index contributed by atoms with van der Waals surface area (Å²) in [6.07, 6.45) is 0. The first-order valence-corrected chi connectivity index (χ1v) is 5.96. The molecule has 1 atom stereocenters. The van der Waals surface area contributed by atoms with Gasteiger partial charge < -0.3 is 10.8 Å². The van der Waals surface area contributed by atoms with Crippen LogP contribution in [0.15, 0.2) is 29.2 Å².